The van der Waals surface area contributed by atoms with Gasteiger partial charge in [0.25, 0.3) is 0 Å². The fraction of sp³-hybridized carbons (Fsp3) is 0.562. The molecule has 0 aromatic heterocycles. The Hall–Kier alpha value is -1.47. The molecule has 1 unspecified atom stereocenters. The highest BCUT2D eigenvalue weighted by molar-refractivity contribution is 5.74. The standard InChI is InChI=1S/C16H26N2O4/c1-2-6-13(19)15(16(21)22)18-10-14(20)12(17)9-11-7-4-3-5-8-11/h3-5,7-8,12-15,18-20H,2,6,9-10,17H2,1H3,(H,21,22)/t12-,13?,14+,15+/m0/s1. The normalized spacial score (nSPS) is 16.7. The van der Waals surface area contributed by atoms with Gasteiger partial charge in [-0.2, -0.15) is 0 Å². The molecule has 0 bridgehead atoms. The van der Waals surface area contributed by atoms with E-state index in [-0.39, 0.29) is 6.54 Å². The summed E-state index contributed by atoms with van der Waals surface area (Å²) in [7, 11) is 0. The molecule has 4 atom stereocenters. The lowest BCUT2D eigenvalue weighted by Gasteiger charge is -2.24. The number of hydrogen-bond donors (Lipinski definition) is 5. The Balaban J connectivity index is 2.48. The summed E-state index contributed by atoms with van der Waals surface area (Å²) in [6.07, 6.45) is -0.312. The largest absolute Gasteiger partial charge is 0.480 e. The second-order valence-corrected chi connectivity index (χ2v) is 5.50. The molecule has 0 amide bonds. The van der Waals surface area contributed by atoms with E-state index in [9.17, 15) is 15.0 Å². The van der Waals surface area contributed by atoms with Gasteiger partial charge in [-0.05, 0) is 18.4 Å². The van der Waals surface area contributed by atoms with E-state index in [4.69, 9.17) is 10.8 Å². The van der Waals surface area contributed by atoms with Gasteiger partial charge in [0.1, 0.15) is 6.04 Å². The van der Waals surface area contributed by atoms with E-state index >= 15 is 0 Å². The highest BCUT2D eigenvalue weighted by Gasteiger charge is 2.27. The van der Waals surface area contributed by atoms with E-state index in [1.807, 2.05) is 37.3 Å². The number of aliphatic hydroxyl groups excluding tert-OH is 2. The lowest BCUT2D eigenvalue weighted by molar-refractivity contribution is -0.142. The maximum absolute atomic E-state index is 11.2. The molecule has 0 heterocycles. The highest BCUT2D eigenvalue weighted by atomic mass is 16.4. The fourth-order valence-electron chi connectivity index (χ4n) is 2.27. The number of carboxylic acids is 1. The highest BCUT2D eigenvalue weighted by Crippen LogP contribution is 2.06. The average Bonchev–Trinajstić information content (AvgIpc) is 2.48. The number of hydrogen-bond acceptors (Lipinski definition) is 5. The zero-order chi connectivity index (χ0) is 16.5. The first kappa shape index (κ1) is 18.6. The van der Waals surface area contributed by atoms with Crippen molar-refractivity contribution in [3.63, 3.8) is 0 Å². The number of rotatable bonds is 10. The molecule has 1 aromatic carbocycles. The van der Waals surface area contributed by atoms with Gasteiger partial charge in [0.2, 0.25) is 0 Å². The van der Waals surface area contributed by atoms with Crippen LogP contribution in [0.4, 0.5) is 0 Å². The molecule has 6 heteroatoms. The van der Waals surface area contributed by atoms with E-state index in [0.717, 1.165) is 5.56 Å². The smallest absolute Gasteiger partial charge is 0.323 e. The molecule has 0 saturated carbocycles. The van der Waals surface area contributed by atoms with E-state index in [2.05, 4.69) is 5.32 Å². The number of carboxylic acid groups (broad SMARTS) is 1. The topological polar surface area (TPSA) is 116 Å². The van der Waals surface area contributed by atoms with E-state index < -0.39 is 30.3 Å². The molecule has 0 spiro atoms. The SMILES string of the molecule is CCCC(O)[C@@H](NC[C@@H](O)[C@@H](N)Cc1ccccc1)C(=O)O. The van der Waals surface area contributed by atoms with Crippen molar-refractivity contribution in [1.29, 1.82) is 0 Å². The van der Waals surface area contributed by atoms with Gasteiger partial charge in [0, 0.05) is 12.6 Å². The minimum atomic E-state index is -1.13. The summed E-state index contributed by atoms with van der Waals surface area (Å²) < 4.78 is 0. The second-order valence-electron chi connectivity index (χ2n) is 5.50. The minimum absolute atomic E-state index is 0.0196. The Kier molecular flexibility index (Phi) is 8.05. The van der Waals surface area contributed by atoms with Crippen LogP contribution in [-0.4, -0.2) is 52.1 Å². The fourth-order valence-corrected chi connectivity index (χ4v) is 2.27. The van der Waals surface area contributed by atoms with Crippen LogP contribution in [0, 0.1) is 0 Å². The van der Waals surface area contributed by atoms with Crippen LogP contribution in [0.2, 0.25) is 0 Å². The summed E-state index contributed by atoms with van der Waals surface area (Å²) >= 11 is 0. The summed E-state index contributed by atoms with van der Waals surface area (Å²) in [6.45, 7) is 1.89. The zero-order valence-corrected chi connectivity index (χ0v) is 12.9. The lowest BCUT2D eigenvalue weighted by atomic mass is 10.0. The van der Waals surface area contributed by atoms with Gasteiger partial charge in [-0.1, -0.05) is 43.7 Å². The maximum atomic E-state index is 11.2. The zero-order valence-electron chi connectivity index (χ0n) is 12.9. The van der Waals surface area contributed by atoms with Crippen molar-refractivity contribution in [2.45, 2.75) is 50.5 Å². The Labute approximate surface area is 131 Å². The van der Waals surface area contributed by atoms with Crippen molar-refractivity contribution >= 4 is 5.97 Å². The molecule has 0 aliphatic rings. The van der Waals surface area contributed by atoms with Gasteiger partial charge >= 0.3 is 5.97 Å². The van der Waals surface area contributed by atoms with Crippen molar-refractivity contribution in [2.24, 2.45) is 5.73 Å². The van der Waals surface area contributed by atoms with Crippen LogP contribution in [0.3, 0.4) is 0 Å². The number of carbonyl (C=O) groups is 1. The van der Waals surface area contributed by atoms with Crippen LogP contribution < -0.4 is 11.1 Å². The van der Waals surface area contributed by atoms with Crippen LogP contribution in [0.1, 0.15) is 25.3 Å². The molecule has 1 aromatic rings. The van der Waals surface area contributed by atoms with Crippen molar-refractivity contribution < 1.29 is 20.1 Å². The van der Waals surface area contributed by atoms with E-state index in [1.54, 1.807) is 0 Å². The molecule has 0 aliphatic carbocycles. The maximum Gasteiger partial charge on any atom is 0.323 e. The lowest BCUT2D eigenvalue weighted by Crippen LogP contribution is -2.51. The predicted molar refractivity (Wildman–Crippen MR) is 84.5 cm³/mol. The molecule has 6 nitrogen and oxygen atoms in total. The molecule has 6 N–H and O–H groups in total. The first-order valence-electron chi connectivity index (χ1n) is 7.57. The molecule has 124 valence electrons. The van der Waals surface area contributed by atoms with Crippen molar-refractivity contribution in [3.8, 4) is 0 Å². The van der Waals surface area contributed by atoms with Crippen molar-refractivity contribution in [1.82, 2.24) is 5.32 Å². The number of aliphatic carboxylic acids is 1. The molecule has 22 heavy (non-hydrogen) atoms. The van der Waals surface area contributed by atoms with Gasteiger partial charge in [0.05, 0.1) is 12.2 Å². The van der Waals surface area contributed by atoms with Crippen molar-refractivity contribution in [2.75, 3.05) is 6.54 Å². The number of nitrogens with one attached hydrogen (secondary N) is 1. The minimum Gasteiger partial charge on any atom is -0.480 e. The van der Waals surface area contributed by atoms with Gasteiger partial charge in [-0.3, -0.25) is 10.1 Å². The van der Waals surface area contributed by atoms with Gasteiger partial charge in [-0.15, -0.1) is 0 Å². The second kappa shape index (κ2) is 9.53. The van der Waals surface area contributed by atoms with Gasteiger partial charge in [-0.25, -0.2) is 0 Å². The molecular weight excluding hydrogens is 284 g/mol. The summed E-state index contributed by atoms with van der Waals surface area (Å²) in [5, 5.41) is 31.7. The van der Waals surface area contributed by atoms with Gasteiger partial charge < -0.3 is 21.1 Å². The molecule has 1 rings (SSSR count). The van der Waals surface area contributed by atoms with Crippen LogP contribution in [-0.2, 0) is 11.2 Å². The summed E-state index contributed by atoms with van der Waals surface area (Å²) in [4.78, 5) is 11.2. The molecule has 0 radical (unpaired) electrons. The first-order valence-corrected chi connectivity index (χ1v) is 7.57. The van der Waals surface area contributed by atoms with Crippen LogP contribution in [0.15, 0.2) is 30.3 Å². The number of aliphatic hydroxyl groups is 2. The van der Waals surface area contributed by atoms with E-state index in [0.29, 0.717) is 19.3 Å². The third-order valence-corrected chi connectivity index (χ3v) is 3.59. The molecule has 0 saturated heterocycles. The molecule has 0 fully saturated rings. The molecular formula is C16H26N2O4. The third kappa shape index (κ3) is 6.11. The van der Waals surface area contributed by atoms with Crippen LogP contribution in [0.25, 0.3) is 0 Å². The predicted octanol–water partition coefficient (Wildman–Crippen LogP) is 0.121. The Morgan fingerprint density at radius 3 is 2.41 bits per heavy atom. The monoisotopic (exact) mass is 310 g/mol. The Bertz CT molecular complexity index is 441. The number of benzene rings is 1. The third-order valence-electron chi connectivity index (χ3n) is 3.59. The van der Waals surface area contributed by atoms with Crippen LogP contribution in [0.5, 0.6) is 0 Å². The molecule has 0 aliphatic heterocycles. The Morgan fingerprint density at radius 2 is 1.86 bits per heavy atom. The average molecular weight is 310 g/mol. The quantitative estimate of drug-likeness (QED) is 0.419. The summed E-state index contributed by atoms with van der Waals surface area (Å²) in [6, 6.07) is 7.93. The van der Waals surface area contributed by atoms with E-state index in [1.165, 1.54) is 0 Å². The van der Waals surface area contributed by atoms with Crippen molar-refractivity contribution in [3.05, 3.63) is 35.9 Å². The van der Waals surface area contributed by atoms with Gasteiger partial charge in [0.15, 0.2) is 0 Å². The Morgan fingerprint density at radius 1 is 1.23 bits per heavy atom. The summed E-state index contributed by atoms with van der Waals surface area (Å²) in [5.74, 6) is -1.13. The summed E-state index contributed by atoms with van der Waals surface area (Å²) in [5.41, 5.74) is 6.96. The van der Waals surface area contributed by atoms with Crippen LogP contribution >= 0.6 is 0 Å². The number of nitrogens with two attached hydrogens (primary N) is 1. The first-order chi connectivity index (χ1) is 10.5.